The third-order valence-corrected chi connectivity index (χ3v) is 3.26. The summed E-state index contributed by atoms with van der Waals surface area (Å²) in [6.45, 7) is 0. The van der Waals surface area contributed by atoms with Crippen molar-refractivity contribution in [2.45, 2.75) is 37.9 Å². The number of primary amides is 1. The van der Waals surface area contributed by atoms with Gasteiger partial charge < -0.3 is 15.2 Å². The van der Waals surface area contributed by atoms with Crippen LogP contribution in [0.5, 0.6) is 5.88 Å². The molecule has 1 aromatic rings. The van der Waals surface area contributed by atoms with Gasteiger partial charge in [0.05, 0.1) is 6.20 Å². The first-order chi connectivity index (χ1) is 9.04. The minimum Gasteiger partial charge on any atom is -0.473 e. The van der Waals surface area contributed by atoms with E-state index < -0.39 is 6.09 Å². The van der Waals surface area contributed by atoms with Crippen molar-refractivity contribution >= 4 is 29.3 Å². The summed E-state index contributed by atoms with van der Waals surface area (Å²) in [4.78, 5) is 18.4. The van der Waals surface area contributed by atoms with E-state index >= 15 is 0 Å². The van der Waals surface area contributed by atoms with Gasteiger partial charge in [-0.3, -0.25) is 0 Å². The number of amides is 1. The SMILES string of the molecule is NC(=O)OC1CCCC(Oc2nc(Cl)ncc2Cl)C1. The first kappa shape index (κ1) is 14.1. The van der Waals surface area contributed by atoms with Crippen LogP contribution in [-0.2, 0) is 4.74 Å². The molecule has 0 radical (unpaired) electrons. The number of carbonyl (C=O) groups excluding carboxylic acids is 1. The summed E-state index contributed by atoms with van der Waals surface area (Å²) in [5.41, 5.74) is 5.00. The van der Waals surface area contributed by atoms with Gasteiger partial charge in [0.25, 0.3) is 0 Å². The van der Waals surface area contributed by atoms with Crippen LogP contribution in [0.25, 0.3) is 0 Å². The summed E-state index contributed by atoms with van der Waals surface area (Å²) in [6, 6.07) is 0. The van der Waals surface area contributed by atoms with Crippen LogP contribution in [0.3, 0.4) is 0 Å². The Balaban J connectivity index is 1.98. The second-order valence-corrected chi connectivity index (χ2v) is 5.00. The maximum absolute atomic E-state index is 10.7. The third kappa shape index (κ3) is 4.11. The molecule has 1 aliphatic carbocycles. The molecule has 19 heavy (non-hydrogen) atoms. The van der Waals surface area contributed by atoms with Crippen molar-refractivity contribution in [3.8, 4) is 5.88 Å². The second kappa shape index (κ2) is 6.25. The smallest absolute Gasteiger partial charge is 0.404 e. The molecule has 104 valence electrons. The molecule has 1 amide bonds. The molecule has 2 atom stereocenters. The molecule has 6 nitrogen and oxygen atoms in total. The van der Waals surface area contributed by atoms with Crippen LogP contribution in [0, 0.1) is 0 Å². The van der Waals surface area contributed by atoms with Crippen LogP contribution in [0.4, 0.5) is 4.79 Å². The fourth-order valence-electron chi connectivity index (χ4n) is 2.05. The number of nitrogens with two attached hydrogens (primary N) is 1. The highest BCUT2D eigenvalue weighted by atomic mass is 35.5. The Morgan fingerprint density at radius 2 is 2.11 bits per heavy atom. The lowest BCUT2D eigenvalue weighted by molar-refractivity contribution is 0.0349. The summed E-state index contributed by atoms with van der Waals surface area (Å²) in [5, 5.41) is 0.363. The fourth-order valence-corrected chi connectivity index (χ4v) is 2.31. The summed E-state index contributed by atoms with van der Waals surface area (Å²) in [5.74, 6) is 0.242. The highest BCUT2D eigenvalue weighted by molar-refractivity contribution is 6.32. The molecule has 8 heteroatoms. The van der Waals surface area contributed by atoms with Crippen LogP contribution in [0.2, 0.25) is 10.3 Å². The molecule has 0 aliphatic heterocycles. The van der Waals surface area contributed by atoms with Crippen molar-refractivity contribution in [3.05, 3.63) is 16.5 Å². The predicted octanol–water partition coefficient (Wildman–Crippen LogP) is 2.57. The van der Waals surface area contributed by atoms with Gasteiger partial charge in [0, 0.05) is 6.42 Å². The quantitative estimate of drug-likeness (QED) is 0.867. The molecule has 0 saturated heterocycles. The third-order valence-electron chi connectivity index (χ3n) is 2.82. The van der Waals surface area contributed by atoms with Gasteiger partial charge in [-0.15, -0.1) is 0 Å². The molecular formula is C11H13Cl2N3O3. The monoisotopic (exact) mass is 305 g/mol. The largest absolute Gasteiger partial charge is 0.473 e. The van der Waals surface area contributed by atoms with E-state index in [1.807, 2.05) is 0 Å². The first-order valence-electron chi connectivity index (χ1n) is 5.85. The molecule has 2 N–H and O–H groups in total. The van der Waals surface area contributed by atoms with Gasteiger partial charge in [-0.2, -0.15) is 4.98 Å². The number of ether oxygens (including phenoxy) is 2. The van der Waals surface area contributed by atoms with Gasteiger partial charge >= 0.3 is 6.09 Å². The van der Waals surface area contributed by atoms with Crippen LogP contribution >= 0.6 is 23.2 Å². The van der Waals surface area contributed by atoms with Crippen molar-refractivity contribution in [2.24, 2.45) is 5.73 Å². The maximum Gasteiger partial charge on any atom is 0.404 e. The second-order valence-electron chi connectivity index (χ2n) is 4.26. The minimum atomic E-state index is -0.770. The van der Waals surface area contributed by atoms with Crippen LogP contribution in [0.15, 0.2) is 6.20 Å². The van der Waals surface area contributed by atoms with E-state index in [4.69, 9.17) is 38.4 Å². The molecule has 1 heterocycles. The number of hydrogen-bond donors (Lipinski definition) is 1. The zero-order valence-corrected chi connectivity index (χ0v) is 11.5. The molecule has 1 fully saturated rings. The number of carbonyl (C=O) groups is 1. The Labute approximate surface area is 120 Å². The fraction of sp³-hybridized carbons (Fsp3) is 0.545. The predicted molar refractivity (Wildman–Crippen MR) is 69.4 cm³/mol. The standard InChI is InChI=1S/C11H13Cl2N3O3/c12-8-5-15-10(13)16-9(8)18-6-2-1-3-7(4-6)19-11(14)17/h5-7H,1-4H2,(H2,14,17). The lowest BCUT2D eigenvalue weighted by Gasteiger charge is -2.28. The van der Waals surface area contributed by atoms with Gasteiger partial charge in [0.15, 0.2) is 0 Å². The number of hydrogen-bond acceptors (Lipinski definition) is 5. The van der Waals surface area contributed by atoms with Crippen molar-refractivity contribution in [1.82, 2.24) is 9.97 Å². The Bertz CT molecular complexity index is 472. The molecule has 0 aromatic carbocycles. The van der Waals surface area contributed by atoms with E-state index in [1.54, 1.807) is 0 Å². The zero-order valence-electron chi connectivity index (χ0n) is 10.0. The van der Waals surface area contributed by atoms with E-state index in [2.05, 4.69) is 9.97 Å². The first-order valence-corrected chi connectivity index (χ1v) is 6.61. The average molecular weight is 306 g/mol. The Hall–Kier alpha value is -1.27. The van der Waals surface area contributed by atoms with E-state index in [9.17, 15) is 4.79 Å². The number of nitrogens with zero attached hydrogens (tertiary/aromatic N) is 2. The lowest BCUT2D eigenvalue weighted by atomic mass is 9.95. The molecule has 1 aromatic heterocycles. The number of rotatable bonds is 3. The maximum atomic E-state index is 10.7. The van der Waals surface area contributed by atoms with Crippen LogP contribution in [0.1, 0.15) is 25.7 Å². The van der Waals surface area contributed by atoms with Gasteiger partial charge in [-0.1, -0.05) is 11.6 Å². The average Bonchev–Trinajstić information content (AvgIpc) is 2.33. The molecule has 0 bridgehead atoms. The van der Waals surface area contributed by atoms with Crippen molar-refractivity contribution < 1.29 is 14.3 Å². The summed E-state index contributed by atoms with van der Waals surface area (Å²) < 4.78 is 10.7. The summed E-state index contributed by atoms with van der Waals surface area (Å²) in [7, 11) is 0. The van der Waals surface area contributed by atoms with Gasteiger partial charge in [0.1, 0.15) is 17.2 Å². The topological polar surface area (TPSA) is 87.3 Å². The Morgan fingerprint density at radius 3 is 2.84 bits per heavy atom. The van der Waals surface area contributed by atoms with Crippen molar-refractivity contribution in [2.75, 3.05) is 0 Å². The minimum absolute atomic E-state index is 0.0696. The molecule has 2 unspecified atom stereocenters. The van der Waals surface area contributed by atoms with Crippen molar-refractivity contribution in [1.29, 1.82) is 0 Å². The van der Waals surface area contributed by atoms with E-state index in [0.717, 1.165) is 19.3 Å². The molecular weight excluding hydrogens is 293 g/mol. The highest BCUT2D eigenvalue weighted by Crippen LogP contribution is 2.28. The molecule has 1 aliphatic rings. The highest BCUT2D eigenvalue weighted by Gasteiger charge is 2.26. The molecule has 0 spiro atoms. The van der Waals surface area contributed by atoms with E-state index in [-0.39, 0.29) is 23.4 Å². The van der Waals surface area contributed by atoms with E-state index in [1.165, 1.54) is 6.20 Å². The normalized spacial score (nSPS) is 22.8. The van der Waals surface area contributed by atoms with Crippen LogP contribution in [-0.4, -0.2) is 28.3 Å². The lowest BCUT2D eigenvalue weighted by Crippen LogP contribution is -2.33. The number of halogens is 2. The Morgan fingerprint density at radius 1 is 1.37 bits per heavy atom. The molecule has 1 saturated carbocycles. The number of aromatic nitrogens is 2. The summed E-state index contributed by atoms with van der Waals surface area (Å²) in [6.07, 6.45) is 3.28. The van der Waals surface area contributed by atoms with Gasteiger partial charge in [-0.05, 0) is 30.9 Å². The van der Waals surface area contributed by atoms with E-state index in [0.29, 0.717) is 11.4 Å². The van der Waals surface area contributed by atoms with Crippen LogP contribution < -0.4 is 10.5 Å². The molecule has 2 rings (SSSR count). The Kier molecular flexibility index (Phi) is 4.66. The van der Waals surface area contributed by atoms with Gasteiger partial charge in [0.2, 0.25) is 11.2 Å². The summed E-state index contributed by atoms with van der Waals surface area (Å²) >= 11 is 11.6. The van der Waals surface area contributed by atoms with Crippen molar-refractivity contribution in [3.63, 3.8) is 0 Å². The van der Waals surface area contributed by atoms with Gasteiger partial charge in [-0.25, -0.2) is 9.78 Å². The zero-order chi connectivity index (χ0) is 13.8.